The molecule has 2 N–H and O–H groups in total. The van der Waals surface area contributed by atoms with Crippen LogP contribution in [-0.2, 0) is 18.7 Å². The first kappa shape index (κ1) is 24.5. The summed E-state index contributed by atoms with van der Waals surface area (Å²) in [5.74, 6) is -0.182. The molecule has 33 heavy (non-hydrogen) atoms. The molecule has 174 valence electrons. The van der Waals surface area contributed by atoms with Crippen molar-refractivity contribution >= 4 is 35.1 Å². The molecule has 1 aromatic heterocycles. The lowest BCUT2D eigenvalue weighted by molar-refractivity contribution is 0.102. The van der Waals surface area contributed by atoms with Crippen LogP contribution < -0.4 is 10.2 Å². The number of hydrogen-bond donors (Lipinski definition) is 2. The van der Waals surface area contributed by atoms with E-state index in [-0.39, 0.29) is 16.3 Å². The predicted molar refractivity (Wildman–Crippen MR) is 125 cm³/mol. The lowest BCUT2D eigenvalue weighted by atomic mass is 10.1. The summed E-state index contributed by atoms with van der Waals surface area (Å²) in [6.45, 7) is 2.74. The van der Waals surface area contributed by atoms with Crippen molar-refractivity contribution in [1.29, 1.82) is 0 Å². The quantitative estimate of drug-likeness (QED) is 0.478. The van der Waals surface area contributed by atoms with E-state index in [1.807, 2.05) is 31.2 Å². The molecule has 1 unspecified atom stereocenters. The minimum atomic E-state index is -4.43. The van der Waals surface area contributed by atoms with Gasteiger partial charge in [0.2, 0.25) is 0 Å². The zero-order valence-corrected chi connectivity index (χ0v) is 20.1. The van der Waals surface area contributed by atoms with Crippen LogP contribution in [0.15, 0.2) is 59.6 Å². The molecule has 0 aliphatic heterocycles. The summed E-state index contributed by atoms with van der Waals surface area (Å²) >= 11 is 0. The molecule has 1 heterocycles. The van der Waals surface area contributed by atoms with Crippen molar-refractivity contribution in [3.8, 4) is 11.3 Å². The van der Waals surface area contributed by atoms with E-state index in [0.29, 0.717) is 11.5 Å². The number of benzene rings is 2. The monoisotopic (exact) mass is 490 g/mol. The molecule has 0 aliphatic rings. The fourth-order valence-electron chi connectivity index (χ4n) is 2.85. The number of amides is 1. The number of aryl methyl sites for hydroxylation is 1. The first-order valence-corrected chi connectivity index (χ1v) is 13.1. The number of carbonyl (C=O) groups is 1. The first-order valence-electron chi connectivity index (χ1n) is 9.65. The second kappa shape index (κ2) is 9.40. The van der Waals surface area contributed by atoms with E-state index in [9.17, 15) is 22.7 Å². The Bertz CT molecular complexity index is 1320. The van der Waals surface area contributed by atoms with E-state index >= 15 is 0 Å². The van der Waals surface area contributed by atoms with Crippen LogP contribution in [0.1, 0.15) is 16.1 Å². The Labute approximate surface area is 191 Å². The van der Waals surface area contributed by atoms with Crippen LogP contribution in [0.2, 0.25) is 0 Å². The van der Waals surface area contributed by atoms with Crippen molar-refractivity contribution in [2.75, 3.05) is 31.0 Å². The van der Waals surface area contributed by atoms with Crippen molar-refractivity contribution in [2.24, 2.45) is 0 Å². The van der Waals surface area contributed by atoms with Crippen molar-refractivity contribution < 1.29 is 26.6 Å². The van der Waals surface area contributed by atoms with Gasteiger partial charge in [0.25, 0.3) is 5.91 Å². The maximum absolute atomic E-state index is 13.0. The number of carbonyl (C=O) groups excluding carboxylic acids is 1. The molecule has 12 heteroatoms. The Morgan fingerprint density at radius 2 is 1.70 bits per heavy atom. The maximum Gasteiger partial charge on any atom is 0.339 e. The van der Waals surface area contributed by atoms with E-state index in [2.05, 4.69) is 19.3 Å². The van der Waals surface area contributed by atoms with Crippen LogP contribution in [0.25, 0.3) is 11.3 Å². The van der Waals surface area contributed by atoms with Gasteiger partial charge in [0, 0.05) is 32.0 Å². The highest BCUT2D eigenvalue weighted by atomic mass is 32.2. The SMILES string of the molecule is Cc1ccc(-c2cnc(N(C)C)c(C(=O)Nc3ccc(S(=O)(=O)OP(C)(=O)O)cc3)n2)cc1. The predicted octanol–water partition coefficient (Wildman–Crippen LogP) is 3.29. The third kappa shape index (κ3) is 6.23. The molecule has 3 aromatic rings. The van der Waals surface area contributed by atoms with Crippen molar-refractivity contribution in [3.63, 3.8) is 0 Å². The van der Waals surface area contributed by atoms with Crippen LogP contribution in [0.5, 0.6) is 0 Å². The summed E-state index contributed by atoms with van der Waals surface area (Å²) in [6, 6.07) is 12.6. The van der Waals surface area contributed by atoms with E-state index in [1.165, 1.54) is 12.1 Å². The standard InChI is InChI=1S/C21H23N4O6PS/c1-14-5-7-15(8-6-14)18-13-22-20(25(2)3)19(24-18)21(26)23-16-9-11-17(12-10-16)33(29,30)31-32(4,27)28/h5-13H,1-4H3,(H,23,26)(H,27,28). The Morgan fingerprint density at radius 1 is 1.09 bits per heavy atom. The topological polar surface area (TPSA) is 139 Å². The van der Waals surface area contributed by atoms with Gasteiger partial charge < -0.3 is 15.1 Å². The Balaban J connectivity index is 1.88. The summed E-state index contributed by atoms with van der Waals surface area (Å²) in [5, 5.41) is 2.66. The van der Waals surface area contributed by atoms with Gasteiger partial charge in [0.1, 0.15) is 0 Å². The smallest absolute Gasteiger partial charge is 0.339 e. The third-order valence-corrected chi connectivity index (χ3v) is 7.12. The number of nitrogens with zero attached hydrogens (tertiary/aromatic N) is 3. The number of aromatic nitrogens is 2. The molecule has 0 radical (unpaired) electrons. The Morgan fingerprint density at radius 3 is 2.24 bits per heavy atom. The van der Waals surface area contributed by atoms with Crippen molar-refractivity contribution in [3.05, 3.63) is 66.0 Å². The van der Waals surface area contributed by atoms with Gasteiger partial charge in [0.15, 0.2) is 11.5 Å². The molecule has 0 saturated carbocycles. The van der Waals surface area contributed by atoms with Crippen LogP contribution in [0.3, 0.4) is 0 Å². The molecule has 2 aromatic carbocycles. The van der Waals surface area contributed by atoms with Gasteiger partial charge >= 0.3 is 17.7 Å². The van der Waals surface area contributed by atoms with E-state index in [4.69, 9.17) is 0 Å². The molecular weight excluding hydrogens is 467 g/mol. The highest BCUT2D eigenvalue weighted by Crippen LogP contribution is 2.40. The summed E-state index contributed by atoms with van der Waals surface area (Å²) < 4.78 is 39.7. The van der Waals surface area contributed by atoms with Crippen molar-refractivity contribution in [1.82, 2.24) is 9.97 Å². The Kier molecular flexibility index (Phi) is 6.99. The number of anilines is 2. The van der Waals surface area contributed by atoms with Crippen LogP contribution >= 0.6 is 7.60 Å². The van der Waals surface area contributed by atoms with Crippen LogP contribution in [0.4, 0.5) is 11.5 Å². The van der Waals surface area contributed by atoms with Gasteiger partial charge in [0.05, 0.1) is 16.8 Å². The van der Waals surface area contributed by atoms with Gasteiger partial charge in [-0.2, -0.15) is 12.4 Å². The molecule has 0 saturated heterocycles. The second-order valence-electron chi connectivity index (χ2n) is 7.50. The van der Waals surface area contributed by atoms with E-state index in [0.717, 1.165) is 29.9 Å². The normalized spacial score (nSPS) is 13.2. The maximum atomic E-state index is 13.0. The Hall–Kier alpha value is -3.11. The molecule has 0 spiro atoms. The molecule has 0 fully saturated rings. The summed E-state index contributed by atoms with van der Waals surface area (Å²) in [5.41, 5.74) is 2.79. The highest BCUT2D eigenvalue weighted by Gasteiger charge is 2.25. The number of nitrogens with one attached hydrogen (secondary N) is 1. The van der Waals surface area contributed by atoms with Gasteiger partial charge in [-0.3, -0.25) is 9.36 Å². The molecule has 1 amide bonds. The number of rotatable bonds is 7. The van der Waals surface area contributed by atoms with Gasteiger partial charge in [-0.25, -0.2) is 9.97 Å². The van der Waals surface area contributed by atoms with Crippen molar-refractivity contribution in [2.45, 2.75) is 11.8 Å². The van der Waals surface area contributed by atoms with Crippen LogP contribution in [-0.4, -0.2) is 49.9 Å². The largest absolute Gasteiger partial charge is 0.361 e. The van der Waals surface area contributed by atoms with E-state index < -0.39 is 23.6 Å². The van der Waals surface area contributed by atoms with E-state index in [1.54, 1.807) is 25.2 Å². The fraction of sp³-hybridized carbons (Fsp3) is 0.190. The molecule has 10 nitrogen and oxygen atoms in total. The summed E-state index contributed by atoms with van der Waals surface area (Å²) in [7, 11) is -5.21. The average molecular weight is 490 g/mol. The van der Waals surface area contributed by atoms with Gasteiger partial charge in [-0.05, 0) is 31.2 Å². The molecule has 3 rings (SSSR count). The zero-order valence-electron chi connectivity index (χ0n) is 18.4. The molecule has 0 bridgehead atoms. The highest BCUT2D eigenvalue weighted by molar-refractivity contribution is 7.91. The third-order valence-electron chi connectivity index (χ3n) is 4.38. The minimum absolute atomic E-state index is 0.0882. The molecule has 1 atom stereocenters. The van der Waals surface area contributed by atoms with Gasteiger partial charge in [-0.15, -0.1) is 0 Å². The van der Waals surface area contributed by atoms with Crippen LogP contribution in [0, 0.1) is 6.92 Å². The average Bonchev–Trinajstić information content (AvgIpc) is 2.72. The minimum Gasteiger partial charge on any atom is -0.361 e. The summed E-state index contributed by atoms with van der Waals surface area (Å²) in [4.78, 5) is 32.4. The zero-order chi connectivity index (χ0) is 24.4. The number of hydrogen-bond acceptors (Lipinski definition) is 8. The molecule has 0 aliphatic carbocycles. The first-order chi connectivity index (χ1) is 15.4. The molecular formula is C21H23N4O6PS. The van der Waals surface area contributed by atoms with Gasteiger partial charge in [-0.1, -0.05) is 29.8 Å². The summed E-state index contributed by atoms with van der Waals surface area (Å²) in [6.07, 6.45) is 1.59. The second-order valence-corrected chi connectivity index (χ2v) is 11.1. The fourth-order valence-corrected chi connectivity index (χ4v) is 5.12. The lowest BCUT2D eigenvalue weighted by Gasteiger charge is -2.16. The lowest BCUT2D eigenvalue weighted by Crippen LogP contribution is -2.21.